The standard InChI is InChI=1S/C17H25N3O2/c18-17(22)19-11-8-16(21)20-12-9-15(10-13-20)7-6-14-4-2-1-3-5-14/h1-5,15H,6-13H2,(H3,18,19,22). The third-order valence-electron chi connectivity index (χ3n) is 4.29. The predicted molar refractivity (Wildman–Crippen MR) is 86.3 cm³/mol. The van der Waals surface area contributed by atoms with Gasteiger partial charge >= 0.3 is 6.03 Å². The van der Waals surface area contributed by atoms with Crippen LogP contribution < -0.4 is 11.1 Å². The molecule has 1 aromatic carbocycles. The molecule has 5 nitrogen and oxygen atoms in total. The van der Waals surface area contributed by atoms with Crippen LogP contribution in [0.2, 0.25) is 0 Å². The van der Waals surface area contributed by atoms with Crippen LogP contribution in [0.1, 0.15) is 31.2 Å². The molecule has 5 heteroatoms. The minimum atomic E-state index is -0.576. The van der Waals surface area contributed by atoms with Gasteiger partial charge in [0.2, 0.25) is 5.91 Å². The molecule has 1 aliphatic heterocycles. The lowest BCUT2D eigenvalue weighted by atomic mass is 9.90. The second kappa shape index (κ2) is 8.41. The van der Waals surface area contributed by atoms with Crippen molar-refractivity contribution >= 4 is 11.9 Å². The molecule has 0 bridgehead atoms. The van der Waals surface area contributed by atoms with Gasteiger partial charge in [-0.15, -0.1) is 0 Å². The molecular formula is C17H25N3O2. The number of piperidine rings is 1. The van der Waals surface area contributed by atoms with Crippen LogP contribution in [0.4, 0.5) is 4.79 Å². The lowest BCUT2D eigenvalue weighted by molar-refractivity contribution is -0.132. The van der Waals surface area contributed by atoms with E-state index in [-0.39, 0.29) is 5.91 Å². The van der Waals surface area contributed by atoms with E-state index in [1.165, 1.54) is 12.0 Å². The third kappa shape index (κ3) is 5.39. The maximum atomic E-state index is 12.0. The Labute approximate surface area is 131 Å². The van der Waals surface area contributed by atoms with Crippen molar-refractivity contribution in [1.82, 2.24) is 10.2 Å². The average Bonchev–Trinajstić information content (AvgIpc) is 2.54. The Morgan fingerprint density at radius 1 is 1.18 bits per heavy atom. The fourth-order valence-electron chi connectivity index (χ4n) is 2.94. The number of hydrogen-bond acceptors (Lipinski definition) is 2. The lowest BCUT2D eigenvalue weighted by Crippen LogP contribution is -2.40. The number of carbonyl (C=O) groups is 2. The third-order valence-corrected chi connectivity index (χ3v) is 4.29. The highest BCUT2D eigenvalue weighted by molar-refractivity contribution is 5.77. The van der Waals surface area contributed by atoms with E-state index in [0.29, 0.717) is 18.9 Å². The Bertz CT molecular complexity index is 482. The van der Waals surface area contributed by atoms with Gasteiger partial charge in [0, 0.05) is 26.1 Å². The van der Waals surface area contributed by atoms with Crippen LogP contribution in [0.3, 0.4) is 0 Å². The van der Waals surface area contributed by atoms with Gasteiger partial charge in [-0.2, -0.15) is 0 Å². The summed E-state index contributed by atoms with van der Waals surface area (Å²) in [7, 11) is 0. The fraction of sp³-hybridized carbons (Fsp3) is 0.529. The summed E-state index contributed by atoms with van der Waals surface area (Å²) in [6.45, 7) is 1.98. The zero-order valence-electron chi connectivity index (χ0n) is 13.0. The summed E-state index contributed by atoms with van der Waals surface area (Å²) >= 11 is 0. The molecule has 1 saturated heterocycles. The van der Waals surface area contributed by atoms with Crippen LogP contribution in [-0.4, -0.2) is 36.5 Å². The molecule has 0 aromatic heterocycles. The van der Waals surface area contributed by atoms with Crippen LogP contribution >= 0.6 is 0 Å². The zero-order valence-corrected chi connectivity index (χ0v) is 13.0. The van der Waals surface area contributed by atoms with Crippen LogP contribution in [0.15, 0.2) is 30.3 Å². The van der Waals surface area contributed by atoms with Crippen molar-refractivity contribution < 1.29 is 9.59 Å². The molecule has 2 rings (SSSR count). The first-order valence-corrected chi connectivity index (χ1v) is 8.00. The number of nitrogens with one attached hydrogen (secondary N) is 1. The Kier molecular flexibility index (Phi) is 6.25. The predicted octanol–water partition coefficient (Wildman–Crippen LogP) is 1.92. The Morgan fingerprint density at radius 2 is 1.86 bits per heavy atom. The molecule has 120 valence electrons. The van der Waals surface area contributed by atoms with Crippen molar-refractivity contribution in [3.8, 4) is 0 Å². The number of carbonyl (C=O) groups excluding carboxylic acids is 2. The van der Waals surface area contributed by atoms with E-state index in [0.717, 1.165) is 32.4 Å². The number of primary amides is 1. The number of nitrogens with zero attached hydrogens (tertiary/aromatic N) is 1. The molecule has 1 aromatic rings. The molecule has 0 atom stereocenters. The van der Waals surface area contributed by atoms with Crippen LogP contribution in [0.25, 0.3) is 0 Å². The van der Waals surface area contributed by atoms with Crippen molar-refractivity contribution in [2.24, 2.45) is 11.7 Å². The van der Waals surface area contributed by atoms with E-state index in [1.54, 1.807) is 0 Å². The molecule has 1 heterocycles. The fourth-order valence-corrected chi connectivity index (χ4v) is 2.94. The summed E-state index contributed by atoms with van der Waals surface area (Å²) < 4.78 is 0. The maximum Gasteiger partial charge on any atom is 0.312 e. The molecule has 0 unspecified atom stereocenters. The first kappa shape index (κ1) is 16.3. The first-order valence-electron chi connectivity index (χ1n) is 8.00. The quantitative estimate of drug-likeness (QED) is 0.842. The van der Waals surface area contributed by atoms with Gasteiger partial charge in [-0.05, 0) is 37.2 Å². The van der Waals surface area contributed by atoms with Crippen LogP contribution in [0.5, 0.6) is 0 Å². The molecule has 0 saturated carbocycles. The van der Waals surface area contributed by atoms with Gasteiger partial charge in [0.15, 0.2) is 0 Å². The molecule has 22 heavy (non-hydrogen) atoms. The van der Waals surface area contributed by atoms with Gasteiger partial charge in [-0.25, -0.2) is 4.79 Å². The average molecular weight is 303 g/mol. The SMILES string of the molecule is NC(=O)NCCC(=O)N1CCC(CCc2ccccc2)CC1. The van der Waals surface area contributed by atoms with Gasteiger partial charge in [-0.1, -0.05) is 30.3 Å². The number of rotatable bonds is 6. The van der Waals surface area contributed by atoms with E-state index in [2.05, 4.69) is 29.6 Å². The molecule has 0 radical (unpaired) electrons. The largest absolute Gasteiger partial charge is 0.352 e. The summed E-state index contributed by atoms with van der Waals surface area (Å²) in [5, 5.41) is 2.45. The molecule has 1 aliphatic rings. The van der Waals surface area contributed by atoms with Gasteiger partial charge in [0.1, 0.15) is 0 Å². The van der Waals surface area contributed by atoms with Crippen molar-refractivity contribution in [3.63, 3.8) is 0 Å². The summed E-state index contributed by atoms with van der Waals surface area (Å²) in [6, 6.07) is 9.97. The highest BCUT2D eigenvalue weighted by Gasteiger charge is 2.22. The summed E-state index contributed by atoms with van der Waals surface area (Å²) in [5.41, 5.74) is 6.37. The second-order valence-electron chi connectivity index (χ2n) is 5.89. The van der Waals surface area contributed by atoms with E-state index in [4.69, 9.17) is 5.73 Å². The van der Waals surface area contributed by atoms with Gasteiger partial charge in [0.25, 0.3) is 0 Å². The Balaban J connectivity index is 1.65. The molecule has 0 aliphatic carbocycles. The van der Waals surface area contributed by atoms with E-state index >= 15 is 0 Å². The maximum absolute atomic E-state index is 12.0. The number of amides is 3. The summed E-state index contributed by atoms with van der Waals surface area (Å²) in [5.74, 6) is 0.809. The number of benzene rings is 1. The zero-order chi connectivity index (χ0) is 15.8. The van der Waals surface area contributed by atoms with Crippen molar-refractivity contribution in [3.05, 3.63) is 35.9 Å². The summed E-state index contributed by atoms with van der Waals surface area (Å²) in [4.78, 5) is 24.5. The van der Waals surface area contributed by atoms with Crippen molar-refractivity contribution in [1.29, 1.82) is 0 Å². The van der Waals surface area contributed by atoms with E-state index in [1.807, 2.05) is 11.0 Å². The van der Waals surface area contributed by atoms with Gasteiger partial charge < -0.3 is 16.0 Å². The molecular weight excluding hydrogens is 278 g/mol. The molecule has 1 fully saturated rings. The number of likely N-dealkylation sites (tertiary alicyclic amines) is 1. The number of hydrogen-bond donors (Lipinski definition) is 2. The number of aryl methyl sites for hydroxylation is 1. The van der Waals surface area contributed by atoms with Gasteiger partial charge in [0.05, 0.1) is 0 Å². The van der Waals surface area contributed by atoms with Crippen molar-refractivity contribution in [2.75, 3.05) is 19.6 Å². The minimum Gasteiger partial charge on any atom is -0.352 e. The van der Waals surface area contributed by atoms with Crippen LogP contribution in [0, 0.1) is 5.92 Å². The molecule has 0 spiro atoms. The van der Waals surface area contributed by atoms with E-state index in [9.17, 15) is 9.59 Å². The smallest absolute Gasteiger partial charge is 0.312 e. The van der Waals surface area contributed by atoms with E-state index < -0.39 is 6.03 Å². The number of nitrogens with two attached hydrogens (primary N) is 1. The second-order valence-corrected chi connectivity index (χ2v) is 5.89. The lowest BCUT2D eigenvalue weighted by Gasteiger charge is -2.32. The highest BCUT2D eigenvalue weighted by Crippen LogP contribution is 2.22. The Hall–Kier alpha value is -2.04. The highest BCUT2D eigenvalue weighted by atomic mass is 16.2. The van der Waals surface area contributed by atoms with Gasteiger partial charge in [-0.3, -0.25) is 4.79 Å². The minimum absolute atomic E-state index is 0.107. The topological polar surface area (TPSA) is 75.4 Å². The van der Waals surface area contributed by atoms with Crippen LogP contribution in [-0.2, 0) is 11.2 Å². The normalized spacial score (nSPS) is 15.5. The number of urea groups is 1. The summed E-state index contributed by atoms with van der Waals surface area (Å²) in [6.07, 6.45) is 4.78. The monoisotopic (exact) mass is 303 g/mol. The Morgan fingerprint density at radius 3 is 2.50 bits per heavy atom. The molecule has 3 N–H and O–H groups in total. The first-order chi connectivity index (χ1) is 10.6. The molecule has 3 amide bonds. The van der Waals surface area contributed by atoms with Crippen molar-refractivity contribution in [2.45, 2.75) is 32.1 Å².